The Bertz CT molecular complexity index is 74.8. The Morgan fingerprint density at radius 3 is 1.90 bits per heavy atom. The van der Waals surface area contributed by atoms with Gasteiger partial charge in [-0.3, -0.25) is 0 Å². The van der Waals surface area contributed by atoms with E-state index in [2.05, 4.69) is 19.2 Å². The zero-order valence-electron chi connectivity index (χ0n) is 7.83. The molecular weight excluding hydrogens is 122 g/mol. The van der Waals surface area contributed by atoms with Crippen LogP contribution in [-0.4, -0.2) is 13.1 Å². The zero-order chi connectivity index (χ0) is 8.04. The Morgan fingerprint density at radius 2 is 1.80 bits per heavy atom. The molecule has 1 N–H and O–H groups in total. The van der Waals surface area contributed by atoms with Crippen LogP contribution >= 0.6 is 0 Å². The second-order valence-electron chi connectivity index (χ2n) is 3.16. The van der Waals surface area contributed by atoms with Crippen molar-refractivity contribution in [2.75, 3.05) is 13.1 Å². The summed E-state index contributed by atoms with van der Waals surface area (Å²) in [6.07, 6.45) is 2.72. The molecule has 0 aliphatic carbocycles. The molecule has 0 bridgehead atoms. The van der Waals surface area contributed by atoms with Crippen molar-refractivity contribution in [3.8, 4) is 0 Å². The summed E-state index contributed by atoms with van der Waals surface area (Å²) in [5.41, 5.74) is 0.661. The van der Waals surface area contributed by atoms with E-state index in [1.54, 1.807) is 0 Å². The molecule has 1 aliphatic rings. The third-order valence-electron chi connectivity index (χ3n) is 1.96. The van der Waals surface area contributed by atoms with Gasteiger partial charge in [-0.1, -0.05) is 34.1 Å². The van der Waals surface area contributed by atoms with Gasteiger partial charge in [0.1, 0.15) is 0 Å². The summed E-state index contributed by atoms with van der Waals surface area (Å²) in [5.74, 6) is 0. The highest BCUT2D eigenvalue weighted by atomic mass is 15.0. The van der Waals surface area contributed by atoms with Crippen LogP contribution in [-0.2, 0) is 0 Å². The van der Waals surface area contributed by atoms with Crippen molar-refractivity contribution in [2.45, 2.75) is 40.5 Å². The lowest BCUT2D eigenvalue weighted by molar-refractivity contribution is 0.178. The molecule has 1 rings (SSSR count). The van der Waals surface area contributed by atoms with Gasteiger partial charge in [0.2, 0.25) is 0 Å². The molecule has 0 saturated carbocycles. The Kier molecular flexibility index (Phi) is 4.71. The van der Waals surface area contributed by atoms with E-state index in [4.69, 9.17) is 0 Å². The zero-order valence-corrected chi connectivity index (χ0v) is 7.83. The van der Waals surface area contributed by atoms with Crippen LogP contribution < -0.4 is 5.32 Å². The van der Waals surface area contributed by atoms with Gasteiger partial charge in [0, 0.05) is 13.1 Å². The molecule has 1 fully saturated rings. The maximum absolute atomic E-state index is 3.29. The van der Waals surface area contributed by atoms with Gasteiger partial charge in [0.05, 0.1) is 0 Å². The van der Waals surface area contributed by atoms with E-state index in [9.17, 15) is 0 Å². The van der Waals surface area contributed by atoms with E-state index in [1.165, 1.54) is 25.9 Å². The van der Waals surface area contributed by atoms with Crippen LogP contribution in [0.5, 0.6) is 0 Å². The second-order valence-corrected chi connectivity index (χ2v) is 3.16. The minimum atomic E-state index is 0.661. The van der Waals surface area contributed by atoms with E-state index in [1.807, 2.05) is 13.8 Å². The van der Waals surface area contributed by atoms with Crippen LogP contribution in [0.25, 0.3) is 0 Å². The van der Waals surface area contributed by atoms with Gasteiger partial charge < -0.3 is 5.32 Å². The van der Waals surface area contributed by atoms with Gasteiger partial charge in [0.25, 0.3) is 0 Å². The van der Waals surface area contributed by atoms with Crippen molar-refractivity contribution >= 4 is 0 Å². The Hall–Kier alpha value is -0.0400. The SMILES string of the molecule is CC.CCCC1(C)CNC1. The molecule has 1 heteroatoms. The second kappa shape index (κ2) is 4.73. The van der Waals surface area contributed by atoms with Crippen molar-refractivity contribution in [1.82, 2.24) is 5.32 Å². The molecule has 0 unspecified atom stereocenters. The van der Waals surface area contributed by atoms with Crippen molar-refractivity contribution in [2.24, 2.45) is 5.41 Å². The standard InChI is InChI=1S/C7H15N.C2H6/c1-3-4-7(2)5-8-6-7;1-2/h8H,3-6H2,1-2H3;1-2H3. The smallest absolute Gasteiger partial charge is 0.00176 e. The minimum Gasteiger partial charge on any atom is -0.316 e. The predicted molar refractivity (Wildman–Crippen MR) is 47.2 cm³/mol. The lowest BCUT2D eigenvalue weighted by atomic mass is 9.80. The largest absolute Gasteiger partial charge is 0.316 e. The highest BCUT2D eigenvalue weighted by Gasteiger charge is 2.29. The maximum atomic E-state index is 3.29. The molecule has 1 saturated heterocycles. The number of nitrogens with one attached hydrogen (secondary N) is 1. The molecule has 0 spiro atoms. The average molecular weight is 143 g/mol. The molecule has 10 heavy (non-hydrogen) atoms. The number of rotatable bonds is 2. The Labute approximate surface area is 65.2 Å². The van der Waals surface area contributed by atoms with E-state index < -0.39 is 0 Å². The third kappa shape index (κ3) is 2.70. The molecule has 1 heterocycles. The average Bonchev–Trinajstić information content (AvgIpc) is 1.90. The summed E-state index contributed by atoms with van der Waals surface area (Å²) in [6, 6.07) is 0. The molecule has 0 atom stereocenters. The van der Waals surface area contributed by atoms with Gasteiger partial charge in [-0.05, 0) is 11.8 Å². The molecule has 0 aromatic rings. The normalized spacial score (nSPS) is 20.4. The van der Waals surface area contributed by atoms with Gasteiger partial charge >= 0.3 is 0 Å². The summed E-state index contributed by atoms with van der Waals surface area (Å²) < 4.78 is 0. The number of hydrogen-bond donors (Lipinski definition) is 1. The molecule has 1 nitrogen and oxygen atoms in total. The first-order valence-corrected chi connectivity index (χ1v) is 4.47. The summed E-state index contributed by atoms with van der Waals surface area (Å²) in [4.78, 5) is 0. The predicted octanol–water partition coefficient (Wildman–Crippen LogP) is 2.42. The number of hydrogen-bond acceptors (Lipinski definition) is 1. The van der Waals surface area contributed by atoms with Crippen LogP contribution in [0.3, 0.4) is 0 Å². The van der Waals surface area contributed by atoms with E-state index in [0.29, 0.717) is 5.41 Å². The quantitative estimate of drug-likeness (QED) is 0.626. The maximum Gasteiger partial charge on any atom is 0.00176 e. The van der Waals surface area contributed by atoms with Crippen molar-refractivity contribution < 1.29 is 0 Å². The van der Waals surface area contributed by atoms with Crippen LogP contribution in [0.2, 0.25) is 0 Å². The highest BCUT2D eigenvalue weighted by molar-refractivity contribution is 4.87. The molecule has 62 valence electrons. The first-order chi connectivity index (χ1) is 4.77. The van der Waals surface area contributed by atoms with Gasteiger partial charge in [-0.2, -0.15) is 0 Å². The van der Waals surface area contributed by atoms with Crippen molar-refractivity contribution in [3.05, 3.63) is 0 Å². The lowest BCUT2D eigenvalue weighted by Crippen LogP contribution is -2.51. The molecule has 0 aromatic heterocycles. The Balaban J connectivity index is 0.000000371. The molecule has 1 aliphatic heterocycles. The van der Waals surface area contributed by atoms with Crippen LogP contribution in [0.15, 0.2) is 0 Å². The first kappa shape index (κ1) is 9.96. The molecular formula is C9H21N. The van der Waals surface area contributed by atoms with Crippen LogP contribution in [0, 0.1) is 5.41 Å². The Morgan fingerprint density at radius 1 is 1.30 bits per heavy atom. The molecule has 0 amide bonds. The fourth-order valence-electron chi connectivity index (χ4n) is 1.33. The van der Waals surface area contributed by atoms with Gasteiger partial charge in [-0.25, -0.2) is 0 Å². The van der Waals surface area contributed by atoms with E-state index >= 15 is 0 Å². The van der Waals surface area contributed by atoms with E-state index in [-0.39, 0.29) is 0 Å². The van der Waals surface area contributed by atoms with Gasteiger partial charge in [-0.15, -0.1) is 0 Å². The van der Waals surface area contributed by atoms with Crippen molar-refractivity contribution in [1.29, 1.82) is 0 Å². The highest BCUT2D eigenvalue weighted by Crippen LogP contribution is 2.26. The molecule has 0 radical (unpaired) electrons. The van der Waals surface area contributed by atoms with Gasteiger partial charge in [0.15, 0.2) is 0 Å². The summed E-state index contributed by atoms with van der Waals surface area (Å²) in [5, 5.41) is 3.29. The summed E-state index contributed by atoms with van der Waals surface area (Å²) >= 11 is 0. The summed E-state index contributed by atoms with van der Waals surface area (Å²) in [6.45, 7) is 11.1. The third-order valence-corrected chi connectivity index (χ3v) is 1.96. The fourth-order valence-corrected chi connectivity index (χ4v) is 1.33. The first-order valence-electron chi connectivity index (χ1n) is 4.47. The summed E-state index contributed by atoms with van der Waals surface area (Å²) in [7, 11) is 0. The van der Waals surface area contributed by atoms with Crippen molar-refractivity contribution in [3.63, 3.8) is 0 Å². The van der Waals surface area contributed by atoms with Crippen LogP contribution in [0.1, 0.15) is 40.5 Å². The van der Waals surface area contributed by atoms with E-state index in [0.717, 1.165) is 0 Å². The topological polar surface area (TPSA) is 12.0 Å². The lowest BCUT2D eigenvalue weighted by Gasteiger charge is -2.39. The van der Waals surface area contributed by atoms with Crippen LogP contribution in [0.4, 0.5) is 0 Å². The minimum absolute atomic E-state index is 0.661. The molecule has 0 aromatic carbocycles. The fraction of sp³-hybridized carbons (Fsp3) is 1.00. The monoisotopic (exact) mass is 143 g/mol.